The average molecular weight is 214 g/mol. The molecule has 0 saturated heterocycles. The molecule has 1 nitrogen and oxygen atoms in total. The van der Waals surface area contributed by atoms with E-state index >= 15 is 0 Å². The van der Waals surface area contributed by atoms with E-state index in [0.29, 0.717) is 12.5 Å². The second-order valence-corrected chi connectivity index (χ2v) is 4.17. The minimum atomic E-state index is 0.667. The van der Waals surface area contributed by atoms with Crippen LogP contribution in [0.1, 0.15) is 24.8 Å². The summed E-state index contributed by atoms with van der Waals surface area (Å²) in [6.45, 7) is 0.667. The minimum Gasteiger partial charge on any atom is -0.497 e. The molecule has 0 aliphatic heterocycles. The van der Waals surface area contributed by atoms with Gasteiger partial charge in [0.15, 0.2) is 0 Å². The van der Waals surface area contributed by atoms with Crippen LogP contribution in [0.5, 0.6) is 0 Å². The lowest BCUT2D eigenvalue weighted by molar-refractivity contribution is 0.233. The highest BCUT2D eigenvalue weighted by Crippen LogP contribution is 2.19. The summed E-state index contributed by atoms with van der Waals surface area (Å²) < 4.78 is 5.52. The summed E-state index contributed by atoms with van der Waals surface area (Å²) in [5.41, 5.74) is 1.22. The molecule has 1 atom stereocenters. The van der Waals surface area contributed by atoms with Crippen LogP contribution in [0.4, 0.5) is 0 Å². The molecular formula is C15H18O. The van der Waals surface area contributed by atoms with Crippen molar-refractivity contribution in [3.05, 3.63) is 60.4 Å². The van der Waals surface area contributed by atoms with Crippen LogP contribution in [-0.4, -0.2) is 0 Å². The zero-order valence-electron chi connectivity index (χ0n) is 9.51. The first-order valence-electron chi connectivity index (χ1n) is 5.92. The molecule has 0 heterocycles. The van der Waals surface area contributed by atoms with Gasteiger partial charge >= 0.3 is 0 Å². The average Bonchev–Trinajstić information content (AvgIpc) is 2.37. The van der Waals surface area contributed by atoms with E-state index < -0.39 is 0 Å². The van der Waals surface area contributed by atoms with E-state index in [1.54, 1.807) is 0 Å². The van der Waals surface area contributed by atoms with Crippen molar-refractivity contribution < 1.29 is 4.74 Å². The SMILES string of the molecule is C1=CCC(C=COCc2ccccc2)CC1. The van der Waals surface area contributed by atoms with Crippen molar-refractivity contribution >= 4 is 0 Å². The lowest BCUT2D eigenvalue weighted by Gasteiger charge is -2.12. The van der Waals surface area contributed by atoms with Gasteiger partial charge < -0.3 is 4.74 Å². The molecular weight excluding hydrogens is 196 g/mol. The summed E-state index contributed by atoms with van der Waals surface area (Å²) in [6, 6.07) is 10.3. The van der Waals surface area contributed by atoms with Crippen molar-refractivity contribution in [3.63, 3.8) is 0 Å². The van der Waals surface area contributed by atoms with Gasteiger partial charge in [0.2, 0.25) is 0 Å². The summed E-state index contributed by atoms with van der Waals surface area (Å²) in [7, 11) is 0. The van der Waals surface area contributed by atoms with Crippen LogP contribution in [0.3, 0.4) is 0 Å². The second-order valence-electron chi connectivity index (χ2n) is 4.17. The first-order chi connectivity index (χ1) is 7.95. The van der Waals surface area contributed by atoms with Gasteiger partial charge in [-0.25, -0.2) is 0 Å². The first kappa shape index (κ1) is 11.0. The molecule has 2 rings (SSSR count). The molecule has 1 unspecified atom stereocenters. The molecule has 1 aromatic rings. The molecule has 0 saturated carbocycles. The summed E-state index contributed by atoms with van der Waals surface area (Å²) in [5, 5.41) is 0. The van der Waals surface area contributed by atoms with Crippen LogP contribution in [-0.2, 0) is 11.3 Å². The number of allylic oxidation sites excluding steroid dienone is 3. The molecule has 16 heavy (non-hydrogen) atoms. The van der Waals surface area contributed by atoms with Gasteiger partial charge in [0, 0.05) is 0 Å². The number of ether oxygens (including phenoxy) is 1. The lowest BCUT2D eigenvalue weighted by Crippen LogP contribution is -1.98. The fourth-order valence-electron chi connectivity index (χ4n) is 1.88. The highest BCUT2D eigenvalue weighted by atomic mass is 16.5. The molecule has 1 aliphatic rings. The van der Waals surface area contributed by atoms with Gasteiger partial charge in [-0.1, -0.05) is 42.5 Å². The Morgan fingerprint density at radius 3 is 2.81 bits per heavy atom. The minimum absolute atomic E-state index is 0.667. The second kappa shape index (κ2) is 6.16. The number of hydrogen-bond donors (Lipinski definition) is 0. The highest BCUT2D eigenvalue weighted by molar-refractivity contribution is 5.13. The summed E-state index contributed by atoms with van der Waals surface area (Å²) in [4.78, 5) is 0. The molecule has 0 N–H and O–H groups in total. The van der Waals surface area contributed by atoms with Gasteiger partial charge in [0.25, 0.3) is 0 Å². The Balaban J connectivity index is 1.71. The van der Waals surface area contributed by atoms with Crippen molar-refractivity contribution in [2.45, 2.75) is 25.9 Å². The highest BCUT2D eigenvalue weighted by Gasteiger charge is 2.04. The maximum absolute atomic E-state index is 5.52. The molecule has 0 radical (unpaired) electrons. The molecule has 0 amide bonds. The predicted octanol–water partition coefficient (Wildman–Crippen LogP) is 4.07. The van der Waals surface area contributed by atoms with Gasteiger partial charge in [0.05, 0.1) is 6.26 Å². The summed E-state index contributed by atoms with van der Waals surface area (Å²) >= 11 is 0. The van der Waals surface area contributed by atoms with Gasteiger partial charge in [-0.05, 0) is 36.8 Å². The van der Waals surface area contributed by atoms with Crippen molar-refractivity contribution in [2.24, 2.45) is 5.92 Å². The lowest BCUT2D eigenvalue weighted by atomic mass is 9.95. The quantitative estimate of drug-likeness (QED) is 0.542. The van der Waals surface area contributed by atoms with Crippen LogP contribution < -0.4 is 0 Å². The number of hydrogen-bond acceptors (Lipinski definition) is 1. The summed E-state index contributed by atoms with van der Waals surface area (Å²) in [5.74, 6) is 0.667. The monoisotopic (exact) mass is 214 g/mol. The van der Waals surface area contributed by atoms with E-state index in [1.807, 2.05) is 24.5 Å². The Labute approximate surface area is 97.4 Å². The first-order valence-corrected chi connectivity index (χ1v) is 5.92. The van der Waals surface area contributed by atoms with Crippen molar-refractivity contribution in [1.82, 2.24) is 0 Å². The Bertz CT molecular complexity index is 351. The molecule has 1 heteroatoms. The van der Waals surface area contributed by atoms with Crippen molar-refractivity contribution in [1.29, 1.82) is 0 Å². The molecule has 0 spiro atoms. The van der Waals surface area contributed by atoms with Crippen LogP contribution in [0, 0.1) is 5.92 Å². The Hall–Kier alpha value is -1.50. The van der Waals surface area contributed by atoms with Crippen molar-refractivity contribution in [2.75, 3.05) is 0 Å². The van der Waals surface area contributed by atoms with E-state index in [4.69, 9.17) is 4.74 Å². The Morgan fingerprint density at radius 2 is 2.06 bits per heavy atom. The van der Waals surface area contributed by atoms with Gasteiger partial charge in [-0.15, -0.1) is 0 Å². The fourth-order valence-corrected chi connectivity index (χ4v) is 1.88. The third-order valence-electron chi connectivity index (χ3n) is 2.85. The van der Waals surface area contributed by atoms with Crippen LogP contribution in [0.15, 0.2) is 54.8 Å². The zero-order chi connectivity index (χ0) is 11.1. The summed E-state index contributed by atoms with van der Waals surface area (Å²) in [6.07, 6.45) is 12.2. The van der Waals surface area contributed by atoms with Gasteiger partial charge in [-0.2, -0.15) is 0 Å². The van der Waals surface area contributed by atoms with E-state index in [-0.39, 0.29) is 0 Å². The molecule has 1 aliphatic carbocycles. The number of benzene rings is 1. The predicted molar refractivity (Wildman–Crippen MR) is 66.9 cm³/mol. The van der Waals surface area contributed by atoms with Crippen LogP contribution >= 0.6 is 0 Å². The van der Waals surface area contributed by atoms with Crippen LogP contribution in [0.25, 0.3) is 0 Å². The third-order valence-corrected chi connectivity index (χ3v) is 2.85. The van der Waals surface area contributed by atoms with E-state index in [1.165, 1.54) is 18.4 Å². The van der Waals surface area contributed by atoms with Gasteiger partial charge in [-0.3, -0.25) is 0 Å². The fraction of sp³-hybridized carbons (Fsp3) is 0.333. The topological polar surface area (TPSA) is 9.23 Å². The van der Waals surface area contributed by atoms with E-state index in [2.05, 4.69) is 30.4 Å². The third kappa shape index (κ3) is 3.58. The van der Waals surface area contributed by atoms with Crippen LogP contribution in [0.2, 0.25) is 0 Å². The standard InChI is InChI=1S/C15H18O/c1-3-7-14(8-4-1)11-12-16-13-15-9-5-2-6-10-15/h1-3,5-6,9-12,14H,4,7-8,13H2. The normalized spacial score (nSPS) is 20.1. The Kier molecular flexibility index (Phi) is 4.24. The maximum Gasteiger partial charge on any atom is 0.112 e. The smallest absolute Gasteiger partial charge is 0.112 e. The molecule has 0 fully saturated rings. The molecule has 84 valence electrons. The largest absolute Gasteiger partial charge is 0.497 e. The van der Waals surface area contributed by atoms with E-state index in [9.17, 15) is 0 Å². The van der Waals surface area contributed by atoms with Gasteiger partial charge in [0.1, 0.15) is 6.61 Å². The van der Waals surface area contributed by atoms with Crippen molar-refractivity contribution in [3.8, 4) is 0 Å². The number of rotatable bonds is 4. The Morgan fingerprint density at radius 1 is 1.19 bits per heavy atom. The molecule has 0 bridgehead atoms. The molecule has 1 aromatic carbocycles. The maximum atomic E-state index is 5.52. The zero-order valence-corrected chi connectivity index (χ0v) is 9.51. The van der Waals surface area contributed by atoms with E-state index in [0.717, 1.165) is 6.42 Å². The molecule has 0 aromatic heterocycles.